The average molecular weight is 462 g/mol. The Balaban J connectivity index is 1.47. The number of carbonyl (C=O) groups is 1. The zero-order valence-corrected chi connectivity index (χ0v) is 19.2. The van der Waals surface area contributed by atoms with Gasteiger partial charge in [-0.2, -0.15) is 0 Å². The number of amides is 1. The summed E-state index contributed by atoms with van der Waals surface area (Å²) in [7, 11) is 0. The van der Waals surface area contributed by atoms with E-state index in [1.165, 1.54) is 9.91 Å². The molecule has 1 atom stereocenters. The summed E-state index contributed by atoms with van der Waals surface area (Å²) in [5.74, 6) is 1.79. The quantitative estimate of drug-likeness (QED) is 0.548. The van der Waals surface area contributed by atoms with Crippen molar-refractivity contribution in [3.05, 3.63) is 72.1 Å². The normalized spacial score (nSPS) is 16.7. The van der Waals surface area contributed by atoms with Gasteiger partial charge in [-0.25, -0.2) is 0 Å². The first-order valence-corrected chi connectivity index (χ1v) is 12.1. The maximum absolute atomic E-state index is 11.8. The molecule has 153 valence electrons. The molecule has 30 heavy (non-hydrogen) atoms. The van der Waals surface area contributed by atoms with E-state index in [1.807, 2.05) is 29.3 Å². The summed E-state index contributed by atoms with van der Waals surface area (Å²) in [4.78, 5) is 22.7. The van der Waals surface area contributed by atoms with Crippen molar-refractivity contribution in [2.75, 3.05) is 13.1 Å². The molecule has 1 aliphatic heterocycles. The number of benzene rings is 1. The van der Waals surface area contributed by atoms with Gasteiger partial charge in [0.05, 0.1) is 0 Å². The molecule has 1 saturated heterocycles. The fraction of sp³-hybridized carbons (Fsp3) is 0.292. The zero-order valence-electron chi connectivity index (χ0n) is 17.3. The monoisotopic (exact) mass is 462 g/mol. The third-order valence-corrected chi connectivity index (χ3v) is 7.50. The van der Waals surface area contributed by atoms with Crippen molar-refractivity contribution >= 4 is 30.5 Å². The van der Waals surface area contributed by atoms with Crippen molar-refractivity contribution in [2.45, 2.75) is 32.6 Å². The van der Waals surface area contributed by atoms with E-state index in [2.05, 4.69) is 47.2 Å². The number of piperidine rings is 1. The predicted octanol–water partition coefficient (Wildman–Crippen LogP) is 2.96. The third kappa shape index (κ3) is 5.09. The van der Waals surface area contributed by atoms with Gasteiger partial charge in [0, 0.05) is 0 Å². The molecule has 5 nitrogen and oxygen atoms in total. The van der Waals surface area contributed by atoms with Gasteiger partial charge in [-0.1, -0.05) is 0 Å². The molecular formula is C24H25AsN3O2. The second-order valence-electron chi connectivity index (χ2n) is 7.60. The van der Waals surface area contributed by atoms with Crippen molar-refractivity contribution in [1.82, 2.24) is 14.9 Å². The Kier molecular flexibility index (Phi) is 6.49. The van der Waals surface area contributed by atoms with Crippen molar-refractivity contribution in [1.29, 1.82) is 0 Å². The summed E-state index contributed by atoms with van der Waals surface area (Å²) >= 11 is -0.144. The van der Waals surface area contributed by atoms with Crippen LogP contribution in [0.5, 0.6) is 11.6 Å². The fourth-order valence-electron chi connectivity index (χ4n) is 3.67. The van der Waals surface area contributed by atoms with Crippen LogP contribution in [-0.4, -0.2) is 49.6 Å². The van der Waals surface area contributed by atoms with E-state index in [0.29, 0.717) is 5.88 Å². The maximum atomic E-state index is 11.8. The van der Waals surface area contributed by atoms with Crippen molar-refractivity contribution in [2.24, 2.45) is 0 Å². The molecule has 4 rings (SSSR count). The van der Waals surface area contributed by atoms with Crippen LogP contribution >= 0.6 is 0 Å². The summed E-state index contributed by atoms with van der Waals surface area (Å²) in [6, 6.07) is 16.4. The van der Waals surface area contributed by atoms with E-state index < -0.39 is 0 Å². The summed E-state index contributed by atoms with van der Waals surface area (Å²) in [6.07, 6.45) is 5.72. The molecule has 3 aromatic rings. The molecule has 0 unspecified atom stereocenters. The van der Waals surface area contributed by atoms with E-state index in [0.717, 1.165) is 41.7 Å². The van der Waals surface area contributed by atoms with Crippen LogP contribution in [0.25, 0.3) is 0 Å². The molecule has 0 N–H and O–H groups in total. The van der Waals surface area contributed by atoms with Crippen LogP contribution in [0.15, 0.2) is 60.9 Å². The molecule has 1 radical (unpaired) electrons. The van der Waals surface area contributed by atoms with E-state index in [9.17, 15) is 4.79 Å². The van der Waals surface area contributed by atoms with Crippen molar-refractivity contribution < 1.29 is 9.53 Å². The third-order valence-electron chi connectivity index (χ3n) is 5.30. The van der Waals surface area contributed by atoms with Gasteiger partial charge in [-0.15, -0.1) is 0 Å². The van der Waals surface area contributed by atoms with Crippen LogP contribution in [0.3, 0.4) is 0 Å². The number of pyridine rings is 2. The van der Waals surface area contributed by atoms with Gasteiger partial charge in [-0.3, -0.25) is 0 Å². The van der Waals surface area contributed by atoms with Crippen LogP contribution in [0.2, 0.25) is 0 Å². The number of hydrogen-bond donors (Lipinski definition) is 0. The molecule has 1 aromatic carbocycles. The van der Waals surface area contributed by atoms with Crippen LogP contribution in [0, 0.1) is 6.92 Å². The number of aryl methyl sites for hydroxylation is 1. The first-order chi connectivity index (χ1) is 14.6. The van der Waals surface area contributed by atoms with Gasteiger partial charge < -0.3 is 0 Å². The Bertz CT molecular complexity index is 1010. The minimum absolute atomic E-state index is 0.132. The Labute approximate surface area is 184 Å². The van der Waals surface area contributed by atoms with Crippen LogP contribution in [0.4, 0.5) is 0 Å². The number of nitrogens with zero attached hydrogens (tertiary/aromatic N) is 3. The number of carbonyl (C=O) groups excluding carboxylic acids is 1. The average Bonchev–Trinajstić information content (AvgIpc) is 2.77. The first-order valence-electron chi connectivity index (χ1n) is 10.2. The van der Waals surface area contributed by atoms with Gasteiger partial charge >= 0.3 is 184 Å². The van der Waals surface area contributed by atoms with Gasteiger partial charge in [0.1, 0.15) is 0 Å². The molecule has 1 fully saturated rings. The molecule has 0 bridgehead atoms. The number of aromatic nitrogens is 2. The molecule has 1 amide bonds. The Morgan fingerprint density at radius 2 is 1.97 bits per heavy atom. The second kappa shape index (κ2) is 9.44. The molecule has 0 spiro atoms. The topological polar surface area (TPSA) is 55.3 Å². The Morgan fingerprint density at radius 1 is 1.13 bits per heavy atom. The molecule has 2 aromatic heterocycles. The molecule has 3 heterocycles. The molecular weight excluding hydrogens is 437 g/mol. The van der Waals surface area contributed by atoms with Gasteiger partial charge in [-0.05, 0) is 0 Å². The number of ether oxygens (including phenoxy) is 1. The second-order valence-corrected chi connectivity index (χ2v) is 10.1. The number of rotatable bonds is 5. The Morgan fingerprint density at radius 3 is 2.70 bits per heavy atom. The Hall–Kier alpha value is -2.65. The number of likely N-dealkylation sites (tertiary alicyclic amines) is 1. The standard InChI is InChI=1S/C24H25AsN3O2/c1-17-7-12-23(27-15-17)25-20-8-10-21(11-9-20)30-24-22(6-3-13-26-24)19-5-4-14-28(16-19)18(2)29/h3,6-13,15,19H,4-5,14,16H2,1-2H3/t19-/m0/s1. The fourth-order valence-corrected chi connectivity index (χ4v) is 5.41. The van der Waals surface area contributed by atoms with E-state index >= 15 is 0 Å². The van der Waals surface area contributed by atoms with Crippen molar-refractivity contribution in [3.63, 3.8) is 0 Å². The zero-order chi connectivity index (χ0) is 20.9. The van der Waals surface area contributed by atoms with Gasteiger partial charge in [0.15, 0.2) is 0 Å². The minimum atomic E-state index is -0.144. The van der Waals surface area contributed by atoms with E-state index in [1.54, 1.807) is 13.1 Å². The summed E-state index contributed by atoms with van der Waals surface area (Å²) < 4.78 is 8.58. The van der Waals surface area contributed by atoms with Gasteiger partial charge in [0.25, 0.3) is 0 Å². The SMILES string of the molecule is CC(=O)N1CCC[C@H](c2cccnc2Oc2ccc([As]c3ccc(C)cn3)cc2)C1. The van der Waals surface area contributed by atoms with Crippen molar-refractivity contribution in [3.8, 4) is 11.6 Å². The van der Waals surface area contributed by atoms with Gasteiger partial charge in [0.2, 0.25) is 0 Å². The number of hydrogen-bond acceptors (Lipinski definition) is 4. The van der Waals surface area contributed by atoms with Crippen LogP contribution < -0.4 is 13.6 Å². The van der Waals surface area contributed by atoms with E-state index in [-0.39, 0.29) is 27.6 Å². The van der Waals surface area contributed by atoms with Crippen LogP contribution in [0.1, 0.15) is 36.8 Å². The summed E-state index contributed by atoms with van der Waals surface area (Å²) in [5, 5.41) is 0. The summed E-state index contributed by atoms with van der Waals surface area (Å²) in [5.41, 5.74) is 2.25. The molecule has 0 saturated carbocycles. The van der Waals surface area contributed by atoms with Crippen LogP contribution in [-0.2, 0) is 4.79 Å². The van der Waals surface area contributed by atoms with E-state index in [4.69, 9.17) is 4.74 Å². The molecule has 1 aliphatic rings. The molecule has 0 aliphatic carbocycles. The molecule has 6 heteroatoms. The summed E-state index contributed by atoms with van der Waals surface area (Å²) in [6.45, 7) is 5.25. The first kappa shape index (κ1) is 20.6. The predicted molar refractivity (Wildman–Crippen MR) is 119 cm³/mol.